The lowest BCUT2D eigenvalue weighted by atomic mass is 9.95. The number of carbonyl (C=O) groups excluding carboxylic acids is 2. The Morgan fingerprint density at radius 1 is 1.30 bits per heavy atom. The second-order valence-electron chi connectivity index (χ2n) is 5.21. The summed E-state index contributed by atoms with van der Waals surface area (Å²) in [6.07, 6.45) is 6.10. The van der Waals surface area contributed by atoms with Gasteiger partial charge in [-0.1, -0.05) is 18.2 Å². The van der Waals surface area contributed by atoms with Gasteiger partial charge in [-0.3, -0.25) is 9.59 Å². The number of rotatable bonds is 5. The summed E-state index contributed by atoms with van der Waals surface area (Å²) in [7, 11) is -3.84. The first kappa shape index (κ1) is 17.2. The highest BCUT2D eigenvalue weighted by Gasteiger charge is 2.21. The molecule has 8 heteroatoms. The van der Waals surface area contributed by atoms with Gasteiger partial charge in [0.1, 0.15) is 0 Å². The van der Waals surface area contributed by atoms with E-state index in [4.69, 9.17) is 9.88 Å². The van der Waals surface area contributed by atoms with E-state index in [-0.39, 0.29) is 16.5 Å². The molecule has 0 aromatic heterocycles. The van der Waals surface area contributed by atoms with Gasteiger partial charge in [-0.05, 0) is 37.5 Å². The van der Waals surface area contributed by atoms with Crippen LogP contribution in [-0.4, -0.2) is 26.9 Å². The monoisotopic (exact) mass is 338 g/mol. The Hall–Kier alpha value is -2.19. The number of carbonyl (C=O) groups is 2. The summed E-state index contributed by atoms with van der Waals surface area (Å²) in [6.45, 7) is -0.418. The van der Waals surface area contributed by atoms with Crippen LogP contribution >= 0.6 is 0 Å². The van der Waals surface area contributed by atoms with Crippen molar-refractivity contribution in [2.45, 2.75) is 24.2 Å². The number of ether oxygens (including phenoxy) is 1. The largest absolute Gasteiger partial charge is 0.455 e. The van der Waals surface area contributed by atoms with Crippen LogP contribution in [0.3, 0.4) is 0 Å². The highest BCUT2D eigenvalue weighted by atomic mass is 32.2. The Morgan fingerprint density at radius 3 is 2.74 bits per heavy atom. The van der Waals surface area contributed by atoms with Gasteiger partial charge in [0.25, 0.3) is 5.91 Å². The quantitative estimate of drug-likeness (QED) is 0.617. The lowest BCUT2D eigenvalue weighted by molar-refractivity contribution is -0.151. The van der Waals surface area contributed by atoms with E-state index in [0.29, 0.717) is 12.8 Å². The third-order valence-electron chi connectivity index (χ3n) is 3.39. The lowest BCUT2D eigenvalue weighted by Gasteiger charge is -2.16. The molecule has 0 saturated carbocycles. The smallest absolute Gasteiger partial charge is 0.309 e. The molecule has 3 N–H and O–H groups in total. The maximum atomic E-state index is 11.8. The first-order valence-corrected chi connectivity index (χ1v) is 8.65. The van der Waals surface area contributed by atoms with Crippen molar-refractivity contribution in [1.82, 2.24) is 0 Å². The minimum atomic E-state index is -3.84. The second kappa shape index (κ2) is 7.38. The van der Waals surface area contributed by atoms with Crippen molar-refractivity contribution in [2.75, 3.05) is 11.9 Å². The predicted octanol–water partition coefficient (Wildman–Crippen LogP) is 1.17. The van der Waals surface area contributed by atoms with E-state index < -0.39 is 28.5 Å². The van der Waals surface area contributed by atoms with Crippen LogP contribution in [0.25, 0.3) is 0 Å². The zero-order chi connectivity index (χ0) is 16.9. The average molecular weight is 338 g/mol. The molecule has 1 amide bonds. The predicted molar refractivity (Wildman–Crippen MR) is 83.9 cm³/mol. The fraction of sp³-hybridized carbons (Fsp3) is 0.333. The van der Waals surface area contributed by atoms with Crippen molar-refractivity contribution < 1.29 is 22.7 Å². The highest BCUT2D eigenvalue weighted by molar-refractivity contribution is 7.89. The molecule has 0 heterocycles. The van der Waals surface area contributed by atoms with Gasteiger partial charge in [0.2, 0.25) is 10.0 Å². The van der Waals surface area contributed by atoms with Crippen molar-refractivity contribution in [3.05, 3.63) is 36.4 Å². The van der Waals surface area contributed by atoms with Crippen LogP contribution in [0.1, 0.15) is 19.3 Å². The fourth-order valence-electron chi connectivity index (χ4n) is 2.21. The molecular formula is C15H18N2O5S. The number of hydrogen-bond acceptors (Lipinski definition) is 5. The minimum Gasteiger partial charge on any atom is -0.455 e. The molecule has 1 atom stereocenters. The van der Waals surface area contributed by atoms with E-state index in [1.807, 2.05) is 12.2 Å². The Balaban J connectivity index is 1.87. The van der Waals surface area contributed by atoms with Crippen molar-refractivity contribution in [2.24, 2.45) is 11.1 Å². The molecule has 0 aliphatic heterocycles. The van der Waals surface area contributed by atoms with Gasteiger partial charge in [0.15, 0.2) is 6.61 Å². The minimum absolute atomic E-state index is 0.110. The van der Waals surface area contributed by atoms with Gasteiger partial charge >= 0.3 is 5.97 Å². The lowest BCUT2D eigenvalue weighted by Crippen LogP contribution is -2.25. The van der Waals surface area contributed by atoms with Gasteiger partial charge in [0.05, 0.1) is 10.8 Å². The topological polar surface area (TPSA) is 116 Å². The Bertz CT molecular complexity index is 727. The molecule has 1 aliphatic rings. The van der Waals surface area contributed by atoms with Gasteiger partial charge in [0, 0.05) is 5.69 Å². The molecule has 1 aromatic carbocycles. The summed E-state index contributed by atoms with van der Waals surface area (Å²) in [5.74, 6) is -1.16. The van der Waals surface area contributed by atoms with Crippen LogP contribution in [0, 0.1) is 5.92 Å². The van der Waals surface area contributed by atoms with Crippen LogP contribution in [0.5, 0.6) is 0 Å². The van der Waals surface area contributed by atoms with Crippen LogP contribution in [0.4, 0.5) is 5.69 Å². The highest BCUT2D eigenvalue weighted by Crippen LogP contribution is 2.19. The Kier molecular flexibility index (Phi) is 5.51. The second-order valence-corrected chi connectivity index (χ2v) is 6.77. The van der Waals surface area contributed by atoms with E-state index in [9.17, 15) is 18.0 Å². The molecule has 0 saturated heterocycles. The summed E-state index contributed by atoms with van der Waals surface area (Å²) in [5.41, 5.74) is 0.262. The maximum Gasteiger partial charge on any atom is 0.309 e. The summed E-state index contributed by atoms with van der Waals surface area (Å²) in [6, 6.07) is 5.53. The third-order valence-corrected chi connectivity index (χ3v) is 4.31. The SMILES string of the molecule is NS(=O)(=O)c1cccc(NC(=O)COC(=O)[C@@H]2CC=CCC2)c1. The van der Waals surface area contributed by atoms with E-state index in [0.717, 1.165) is 6.42 Å². The molecule has 7 nitrogen and oxygen atoms in total. The number of nitrogens with one attached hydrogen (secondary N) is 1. The first-order valence-electron chi connectivity index (χ1n) is 7.10. The number of primary sulfonamides is 1. The fourth-order valence-corrected chi connectivity index (χ4v) is 2.77. The molecule has 1 aliphatic carbocycles. The number of sulfonamides is 1. The van der Waals surface area contributed by atoms with Gasteiger partial charge in [-0.25, -0.2) is 13.6 Å². The summed E-state index contributed by atoms with van der Waals surface area (Å²) in [4.78, 5) is 23.5. The number of hydrogen-bond donors (Lipinski definition) is 2. The van der Waals surface area contributed by atoms with Crippen molar-refractivity contribution >= 4 is 27.6 Å². The van der Waals surface area contributed by atoms with Crippen molar-refractivity contribution in [1.29, 1.82) is 0 Å². The molecule has 0 spiro atoms. The standard InChI is InChI=1S/C15H18N2O5S/c16-23(20,21)13-8-4-7-12(9-13)17-14(18)10-22-15(19)11-5-2-1-3-6-11/h1-2,4,7-9,11H,3,5-6,10H2,(H,17,18)(H2,16,20,21)/t11-/m1/s1. The third kappa shape index (κ3) is 5.19. The van der Waals surface area contributed by atoms with E-state index in [1.54, 1.807) is 0 Å². The molecule has 0 fully saturated rings. The number of anilines is 1. The summed E-state index contributed by atoms with van der Waals surface area (Å²) >= 11 is 0. The zero-order valence-corrected chi connectivity index (χ0v) is 13.2. The van der Waals surface area contributed by atoms with Gasteiger partial charge in [-0.2, -0.15) is 0 Å². The van der Waals surface area contributed by atoms with Crippen LogP contribution in [-0.2, 0) is 24.3 Å². The summed E-state index contributed by atoms with van der Waals surface area (Å²) < 4.78 is 27.5. The number of allylic oxidation sites excluding steroid dienone is 2. The molecule has 0 radical (unpaired) electrons. The van der Waals surface area contributed by atoms with Gasteiger partial charge in [-0.15, -0.1) is 0 Å². The first-order chi connectivity index (χ1) is 10.9. The van der Waals surface area contributed by atoms with Crippen LogP contribution < -0.4 is 10.5 Å². The Labute approximate surface area is 134 Å². The number of amides is 1. The van der Waals surface area contributed by atoms with E-state index in [2.05, 4.69) is 5.32 Å². The summed E-state index contributed by atoms with van der Waals surface area (Å²) in [5, 5.41) is 7.48. The van der Waals surface area contributed by atoms with Gasteiger partial charge < -0.3 is 10.1 Å². The zero-order valence-electron chi connectivity index (χ0n) is 12.4. The van der Waals surface area contributed by atoms with Crippen LogP contribution in [0.15, 0.2) is 41.3 Å². The molecule has 23 heavy (non-hydrogen) atoms. The molecule has 2 rings (SSSR count). The average Bonchev–Trinajstić information content (AvgIpc) is 2.53. The van der Waals surface area contributed by atoms with Crippen molar-refractivity contribution in [3.8, 4) is 0 Å². The normalized spacial score (nSPS) is 17.5. The molecular weight excluding hydrogens is 320 g/mol. The maximum absolute atomic E-state index is 11.8. The Morgan fingerprint density at radius 2 is 2.09 bits per heavy atom. The molecule has 0 bridgehead atoms. The number of benzene rings is 1. The molecule has 124 valence electrons. The number of esters is 1. The van der Waals surface area contributed by atoms with Crippen LogP contribution in [0.2, 0.25) is 0 Å². The van der Waals surface area contributed by atoms with Crippen molar-refractivity contribution in [3.63, 3.8) is 0 Å². The number of nitrogens with two attached hydrogens (primary N) is 1. The molecule has 1 aromatic rings. The molecule has 0 unspecified atom stereocenters. The van der Waals surface area contributed by atoms with E-state index in [1.165, 1.54) is 24.3 Å². The van der Waals surface area contributed by atoms with E-state index >= 15 is 0 Å².